The first-order valence-corrected chi connectivity index (χ1v) is 6.08. The molecule has 0 atom stereocenters. The van der Waals surface area contributed by atoms with Crippen LogP contribution in [-0.4, -0.2) is 22.4 Å². The molecule has 0 unspecified atom stereocenters. The molecule has 0 saturated carbocycles. The van der Waals surface area contributed by atoms with Crippen molar-refractivity contribution < 1.29 is 4.79 Å². The number of aromatic nitrogens is 2. The highest BCUT2D eigenvalue weighted by Gasteiger charge is 2.08. The summed E-state index contributed by atoms with van der Waals surface area (Å²) in [5, 5.41) is 2.77. The molecule has 3 N–H and O–H groups in total. The smallest absolute Gasteiger partial charge is 0.274 e. The Bertz CT molecular complexity index is 668. The summed E-state index contributed by atoms with van der Waals surface area (Å²) in [7, 11) is 0. The predicted molar refractivity (Wildman–Crippen MR) is 77.1 cm³/mol. The van der Waals surface area contributed by atoms with E-state index in [0.717, 1.165) is 11.3 Å². The number of hydrogen-bond donors (Lipinski definition) is 2. The molecular formula is C15H14N4O. The second-order valence-electron chi connectivity index (χ2n) is 4.03. The van der Waals surface area contributed by atoms with Crippen molar-refractivity contribution in [3.8, 4) is 11.8 Å². The van der Waals surface area contributed by atoms with Crippen LogP contribution in [0.4, 0.5) is 5.69 Å². The van der Waals surface area contributed by atoms with Crippen LogP contribution in [0.2, 0.25) is 0 Å². The fraction of sp³-hybridized carbons (Fsp3) is 0.133. The molecule has 2 aromatic rings. The summed E-state index contributed by atoms with van der Waals surface area (Å²) in [6, 6.07) is 6.92. The molecule has 0 aliphatic carbocycles. The van der Waals surface area contributed by atoms with E-state index in [1.54, 1.807) is 36.7 Å². The normalized spacial score (nSPS) is 9.50. The van der Waals surface area contributed by atoms with Gasteiger partial charge in [0.2, 0.25) is 0 Å². The number of rotatable bonds is 2. The first kappa shape index (κ1) is 13.7. The molecule has 100 valence electrons. The van der Waals surface area contributed by atoms with Gasteiger partial charge in [-0.3, -0.25) is 9.78 Å². The van der Waals surface area contributed by atoms with E-state index in [4.69, 9.17) is 5.73 Å². The molecule has 5 heteroatoms. The van der Waals surface area contributed by atoms with Crippen LogP contribution in [0.1, 0.15) is 21.7 Å². The number of hydrogen-bond acceptors (Lipinski definition) is 4. The van der Waals surface area contributed by atoms with Crippen molar-refractivity contribution in [1.29, 1.82) is 0 Å². The lowest BCUT2D eigenvalue weighted by Gasteiger charge is -2.06. The standard InChI is InChI=1S/C15H14N4O/c1-11-13(5-3-9-17-11)19-15(20)14-7-6-12(10-18-14)4-2-8-16/h3,5-7,9-10H,8,16H2,1H3,(H,19,20). The van der Waals surface area contributed by atoms with E-state index in [-0.39, 0.29) is 5.91 Å². The van der Waals surface area contributed by atoms with E-state index in [9.17, 15) is 4.79 Å². The summed E-state index contributed by atoms with van der Waals surface area (Å²) in [5.74, 6) is 5.30. The summed E-state index contributed by atoms with van der Waals surface area (Å²) in [5.41, 5.74) is 7.77. The maximum atomic E-state index is 12.0. The molecule has 5 nitrogen and oxygen atoms in total. The minimum Gasteiger partial charge on any atom is -0.320 e. The Balaban J connectivity index is 2.12. The van der Waals surface area contributed by atoms with Gasteiger partial charge in [0.25, 0.3) is 5.91 Å². The van der Waals surface area contributed by atoms with Gasteiger partial charge in [-0.05, 0) is 31.2 Å². The van der Waals surface area contributed by atoms with E-state index in [1.807, 2.05) is 6.92 Å². The van der Waals surface area contributed by atoms with Gasteiger partial charge in [-0.15, -0.1) is 0 Å². The zero-order valence-electron chi connectivity index (χ0n) is 11.1. The number of carbonyl (C=O) groups is 1. The summed E-state index contributed by atoms with van der Waals surface area (Å²) in [6.07, 6.45) is 3.22. The number of aryl methyl sites for hydroxylation is 1. The largest absolute Gasteiger partial charge is 0.320 e. The Labute approximate surface area is 117 Å². The molecule has 0 fully saturated rings. The van der Waals surface area contributed by atoms with Crippen LogP contribution < -0.4 is 11.1 Å². The predicted octanol–water partition coefficient (Wildman–Crippen LogP) is 1.35. The summed E-state index contributed by atoms with van der Waals surface area (Å²) in [6.45, 7) is 2.12. The second-order valence-corrected chi connectivity index (χ2v) is 4.03. The SMILES string of the molecule is Cc1ncccc1NC(=O)c1ccc(C#CCN)cn1. The fourth-order valence-electron chi connectivity index (χ4n) is 1.56. The van der Waals surface area contributed by atoms with E-state index < -0.39 is 0 Å². The van der Waals surface area contributed by atoms with Gasteiger partial charge < -0.3 is 11.1 Å². The molecule has 0 aliphatic heterocycles. The highest BCUT2D eigenvalue weighted by molar-refractivity contribution is 6.03. The maximum absolute atomic E-state index is 12.0. The van der Waals surface area contributed by atoms with Gasteiger partial charge in [-0.1, -0.05) is 11.8 Å². The quantitative estimate of drug-likeness (QED) is 0.804. The molecule has 2 aromatic heterocycles. The summed E-state index contributed by atoms with van der Waals surface area (Å²) in [4.78, 5) is 20.2. The molecule has 0 aromatic carbocycles. The highest BCUT2D eigenvalue weighted by atomic mass is 16.1. The Morgan fingerprint density at radius 1 is 1.35 bits per heavy atom. The van der Waals surface area contributed by atoms with Gasteiger partial charge in [0.05, 0.1) is 17.9 Å². The van der Waals surface area contributed by atoms with E-state index in [2.05, 4.69) is 27.1 Å². The van der Waals surface area contributed by atoms with E-state index in [1.165, 1.54) is 0 Å². The lowest BCUT2D eigenvalue weighted by molar-refractivity contribution is 0.102. The molecule has 0 spiro atoms. The van der Waals surface area contributed by atoms with Crippen LogP contribution in [0.15, 0.2) is 36.7 Å². The van der Waals surface area contributed by atoms with Crippen LogP contribution in [0.3, 0.4) is 0 Å². The van der Waals surface area contributed by atoms with E-state index >= 15 is 0 Å². The van der Waals surface area contributed by atoms with Crippen molar-refractivity contribution >= 4 is 11.6 Å². The molecule has 0 saturated heterocycles. The number of nitrogens with zero attached hydrogens (tertiary/aromatic N) is 2. The molecule has 0 aliphatic rings. The van der Waals surface area contributed by atoms with E-state index in [0.29, 0.717) is 17.9 Å². The van der Waals surface area contributed by atoms with Crippen molar-refractivity contribution in [2.45, 2.75) is 6.92 Å². The number of anilines is 1. The number of carbonyl (C=O) groups excluding carboxylic acids is 1. The van der Waals surface area contributed by atoms with Gasteiger partial charge in [0.1, 0.15) is 5.69 Å². The maximum Gasteiger partial charge on any atom is 0.274 e. The number of amides is 1. The molecule has 20 heavy (non-hydrogen) atoms. The number of nitrogens with one attached hydrogen (secondary N) is 1. The monoisotopic (exact) mass is 266 g/mol. The summed E-state index contributed by atoms with van der Waals surface area (Å²) >= 11 is 0. The molecular weight excluding hydrogens is 252 g/mol. The lowest BCUT2D eigenvalue weighted by atomic mass is 10.2. The van der Waals surface area contributed by atoms with Crippen LogP contribution in [0.25, 0.3) is 0 Å². The van der Waals surface area contributed by atoms with Crippen LogP contribution in [0, 0.1) is 18.8 Å². The van der Waals surface area contributed by atoms with Gasteiger partial charge >= 0.3 is 0 Å². The topological polar surface area (TPSA) is 80.9 Å². The Kier molecular flexibility index (Phi) is 4.43. The van der Waals surface area contributed by atoms with Gasteiger partial charge in [-0.25, -0.2) is 4.98 Å². The van der Waals surface area contributed by atoms with Crippen molar-refractivity contribution in [3.05, 3.63) is 53.6 Å². The Morgan fingerprint density at radius 2 is 2.20 bits per heavy atom. The molecule has 2 heterocycles. The van der Waals surface area contributed by atoms with Crippen LogP contribution >= 0.6 is 0 Å². The Hall–Kier alpha value is -2.71. The summed E-state index contributed by atoms with van der Waals surface area (Å²) < 4.78 is 0. The zero-order chi connectivity index (χ0) is 14.4. The minimum atomic E-state index is -0.278. The van der Waals surface area contributed by atoms with Crippen molar-refractivity contribution in [3.63, 3.8) is 0 Å². The van der Waals surface area contributed by atoms with Crippen molar-refractivity contribution in [2.75, 3.05) is 11.9 Å². The van der Waals surface area contributed by atoms with Crippen molar-refractivity contribution in [2.24, 2.45) is 5.73 Å². The second kappa shape index (κ2) is 6.45. The highest BCUT2D eigenvalue weighted by Crippen LogP contribution is 2.11. The van der Waals surface area contributed by atoms with Gasteiger partial charge in [0.15, 0.2) is 0 Å². The van der Waals surface area contributed by atoms with Crippen LogP contribution in [-0.2, 0) is 0 Å². The fourth-order valence-corrected chi connectivity index (χ4v) is 1.56. The van der Waals surface area contributed by atoms with Gasteiger partial charge in [0, 0.05) is 18.0 Å². The minimum absolute atomic E-state index is 0.278. The van der Waals surface area contributed by atoms with Gasteiger partial charge in [-0.2, -0.15) is 0 Å². The third kappa shape index (κ3) is 3.40. The third-order valence-corrected chi connectivity index (χ3v) is 2.59. The average molecular weight is 266 g/mol. The molecule has 0 radical (unpaired) electrons. The first-order chi connectivity index (χ1) is 9.70. The van der Waals surface area contributed by atoms with Crippen molar-refractivity contribution in [1.82, 2.24) is 9.97 Å². The average Bonchev–Trinajstić information content (AvgIpc) is 2.48. The number of nitrogens with two attached hydrogens (primary N) is 1. The molecule has 2 rings (SSSR count). The molecule has 1 amide bonds. The third-order valence-electron chi connectivity index (χ3n) is 2.59. The first-order valence-electron chi connectivity index (χ1n) is 6.08. The lowest BCUT2D eigenvalue weighted by Crippen LogP contribution is -2.14. The zero-order valence-corrected chi connectivity index (χ0v) is 11.1. The molecule has 0 bridgehead atoms. The Morgan fingerprint density at radius 3 is 2.85 bits per heavy atom. The number of pyridine rings is 2. The van der Waals surface area contributed by atoms with Crippen LogP contribution in [0.5, 0.6) is 0 Å².